The molecule has 0 saturated carbocycles. The summed E-state index contributed by atoms with van der Waals surface area (Å²) in [5.41, 5.74) is 2.01. The minimum absolute atomic E-state index is 0.0550. The number of aryl methyl sites for hydroxylation is 1. The van der Waals surface area contributed by atoms with Gasteiger partial charge < -0.3 is 9.88 Å². The SMILES string of the molecule is O=c1[nH]c2ccccc2n1CCCCCN1CCN(c2ccc(C(F)(F)F)cc2)CC1. The molecule has 3 aromatic rings. The number of aromatic amines is 1. The van der Waals surface area contributed by atoms with E-state index in [4.69, 9.17) is 0 Å². The van der Waals surface area contributed by atoms with E-state index in [1.54, 1.807) is 16.7 Å². The van der Waals surface area contributed by atoms with Crippen molar-refractivity contribution in [3.8, 4) is 0 Å². The van der Waals surface area contributed by atoms with Crippen molar-refractivity contribution < 1.29 is 13.2 Å². The quantitative estimate of drug-likeness (QED) is 0.565. The smallest absolute Gasteiger partial charge is 0.369 e. The van der Waals surface area contributed by atoms with Crippen LogP contribution in [0.5, 0.6) is 0 Å². The average Bonchev–Trinajstić information content (AvgIpc) is 3.08. The summed E-state index contributed by atoms with van der Waals surface area (Å²) >= 11 is 0. The van der Waals surface area contributed by atoms with Crippen LogP contribution in [0.25, 0.3) is 11.0 Å². The molecule has 0 radical (unpaired) electrons. The van der Waals surface area contributed by atoms with Crippen LogP contribution in [0.15, 0.2) is 53.3 Å². The summed E-state index contributed by atoms with van der Waals surface area (Å²) in [7, 11) is 0. The number of hydrogen-bond acceptors (Lipinski definition) is 3. The van der Waals surface area contributed by atoms with Crippen LogP contribution in [0, 0.1) is 0 Å². The maximum absolute atomic E-state index is 12.7. The van der Waals surface area contributed by atoms with E-state index in [0.29, 0.717) is 6.54 Å². The maximum Gasteiger partial charge on any atom is 0.416 e. The molecule has 0 unspecified atom stereocenters. The molecule has 4 rings (SSSR count). The topological polar surface area (TPSA) is 44.3 Å². The molecular weight excluding hydrogens is 405 g/mol. The van der Waals surface area contributed by atoms with Crippen molar-refractivity contribution in [3.63, 3.8) is 0 Å². The lowest BCUT2D eigenvalue weighted by Crippen LogP contribution is -2.46. The van der Waals surface area contributed by atoms with Crippen molar-refractivity contribution in [1.29, 1.82) is 0 Å². The first kappa shape index (κ1) is 21.5. The van der Waals surface area contributed by atoms with E-state index < -0.39 is 11.7 Å². The molecule has 0 atom stereocenters. The van der Waals surface area contributed by atoms with Gasteiger partial charge in [0.25, 0.3) is 0 Å². The number of halogens is 3. The Bertz CT molecular complexity index is 1050. The summed E-state index contributed by atoms with van der Waals surface area (Å²) in [5.74, 6) is 0. The Morgan fingerprint density at radius 2 is 1.52 bits per heavy atom. The van der Waals surface area contributed by atoms with Gasteiger partial charge in [-0.1, -0.05) is 18.6 Å². The fourth-order valence-corrected chi connectivity index (χ4v) is 4.20. The lowest BCUT2D eigenvalue weighted by molar-refractivity contribution is -0.137. The third-order valence-electron chi connectivity index (χ3n) is 5.97. The largest absolute Gasteiger partial charge is 0.416 e. The summed E-state index contributed by atoms with van der Waals surface area (Å²) < 4.78 is 40.0. The Balaban J connectivity index is 1.18. The standard InChI is InChI=1S/C23H27F3N4O/c24-23(25,26)18-8-10-19(11-9-18)29-16-14-28(15-17-29)12-4-1-5-13-30-21-7-3-2-6-20(21)27-22(30)31/h2-3,6-11H,1,4-5,12-17H2,(H,27,31). The molecule has 0 amide bonds. The van der Waals surface area contributed by atoms with Gasteiger partial charge in [0.05, 0.1) is 16.6 Å². The summed E-state index contributed by atoms with van der Waals surface area (Å²) in [4.78, 5) is 19.5. The molecule has 166 valence electrons. The van der Waals surface area contributed by atoms with Crippen LogP contribution in [0.3, 0.4) is 0 Å². The van der Waals surface area contributed by atoms with Gasteiger partial charge in [-0.05, 0) is 55.8 Å². The molecule has 8 heteroatoms. The minimum Gasteiger partial charge on any atom is -0.369 e. The molecule has 1 aliphatic rings. The van der Waals surface area contributed by atoms with Crippen molar-refractivity contribution in [2.45, 2.75) is 32.0 Å². The van der Waals surface area contributed by atoms with E-state index in [2.05, 4.69) is 14.8 Å². The van der Waals surface area contributed by atoms with Gasteiger partial charge in [0.15, 0.2) is 0 Å². The summed E-state index contributed by atoms with van der Waals surface area (Å²) in [6.45, 7) is 5.16. The molecule has 0 aliphatic carbocycles. The highest BCUT2D eigenvalue weighted by molar-refractivity contribution is 5.74. The van der Waals surface area contributed by atoms with Gasteiger partial charge in [0.1, 0.15) is 0 Å². The zero-order chi connectivity index (χ0) is 21.8. The summed E-state index contributed by atoms with van der Waals surface area (Å²) in [6.07, 6.45) is -1.23. The molecule has 5 nitrogen and oxygen atoms in total. The maximum atomic E-state index is 12.7. The number of H-pyrrole nitrogens is 1. The number of para-hydroxylation sites is 2. The van der Waals surface area contributed by atoms with E-state index >= 15 is 0 Å². The number of unbranched alkanes of at least 4 members (excludes halogenated alkanes) is 2. The van der Waals surface area contributed by atoms with Crippen LogP contribution in [0.4, 0.5) is 18.9 Å². The van der Waals surface area contributed by atoms with Crippen LogP contribution < -0.4 is 10.6 Å². The van der Waals surface area contributed by atoms with Gasteiger partial charge in [-0.2, -0.15) is 13.2 Å². The molecule has 1 aliphatic heterocycles. The second-order valence-electron chi connectivity index (χ2n) is 8.03. The lowest BCUT2D eigenvalue weighted by atomic mass is 10.1. The van der Waals surface area contributed by atoms with Gasteiger partial charge in [-0.3, -0.25) is 9.47 Å². The van der Waals surface area contributed by atoms with E-state index in [0.717, 1.165) is 80.8 Å². The number of benzene rings is 2. The van der Waals surface area contributed by atoms with Gasteiger partial charge in [0.2, 0.25) is 0 Å². The molecular formula is C23H27F3N4O. The number of imidazole rings is 1. The second kappa shape index (κ2) is 9.18. The fraction of sp³-hybridized carbons (Fsp3) is 0.435. The number of nitrogens with zero attached hydrogens (tertiary/aromatic N) is 3. The van der Waals surface area contributed by atoms with Gasteiger partial charge in [-0.15, -0.1) is 0 Å². The van der Waals surface area contributed by atoms with Gasteiger partial charge >= 0.3 is 11.9 Å². The number of rotatable bonds is 7. The van der Waals surface area contributed by atoms with E-state index in [1.165, 1.54) is 0 Å². The van der Waals surface area contributed by atoms with E-state index in [1.807, 2.05) is 24.3 Å². The molecule has 2 heterocycles. The number of hydrogen-bond donors (Lipinski definition) is 1. The Morgan fingerprint density at radius 3 is 2.23 bits per heavy atom. The molecule has 2 aromatic carbocycles. The van der Waals surface area contributed by atoms with E-state index in [-0.39, 0.29) is 5.69 Å². The average molecular weight is 432 g/mol. The highest BCUT2D eigenvalue weighted by Gasteiger charge is 2.30. The number of piperazine rings is 1. The first-order valence-corrected chi connectivity index (χ1v) is 10.7. The number of aromatic nitrogens is 2. The first-order chi connectivity index (χ1) is 14.9. The first-order valence-electron chi connectivity index (χ1n) is 10.7. The molecule has 1 fully saturated rings. The number of nitrogens with one attached hydrogen (secondary N) is 1. The van der Waals surface area contributed by atoms with Crippen molar-refractivity contribution in [2.24, 2.45) is 0 Å². The third kappa shape index (κ3) is 5.12. The van der Waals surface area contributed by atoms with Gasteiger partial charge in [0, 0.05) is 38.4 Å². The van der Waals surface area contributed by atoms with Crippen LogP contribution in [0.2, 0.25) is 0 Å². The summed E-state index contributed by atoms with van der Waals surface area (Å²) in [5, 5.41) is 0. The molecule has 1 N–H and O–H groups in total. The molecule has 0 bridgehead atoms. The van der Waals surface area contributed by atoms with Crippen molar-refractivity contribution in [3.05, 3.63) is 64.6 Å². The Morgan fingerprint density at radius 1 is 0.839 bits per heavy atom. The normalized spacial score (nSPS) is 15.6. The fourth-order valence-electron chi connectivity index (χ4n) is 4.20. The molecule has 1 saturated heterocycles. The van der Waals surface area contributed by atoms with Crippen molar-refractivity contribution >= 4 is 16.7 Å². The predicted molar refractivity (Wildman–Crippen MR) is 117 cm³/mol. The zero-order valence-electron chi connectivity index (χ0n) is 17.4. The molecule has 1 aromatic heterocycles. The summed E-state index contributed by atoms with van der Waals surface area (Å²) in [6, 6.07) is 13.2. The van der Waals surface area contributed by atoms with Crippen molar-refractivity contribution in [2.75, 3.05) is 37.6 Å². The van der Waals surface area contributed by atoms with Gasteiger partial charge in [-0.25, -0.2) is 4.79 Å². The third-order valence-corrected chi connectivity index (χ3v) is 5.97. The molecule has 31 heavy (non-hydrogen) atoms. The Kier molecular flexibility index (Phi) is 6.36. The van der Waals surface area contributed by atoms with Crippen LogP contribution in [0.1, 0.15) is 24.8 Å². The predicted octanol–water partition coefficient (Wildman–Crippen LogP) is 4.34. The number of anilines is 1. The highest BCUT2D eigenvalue weighted by atomic mass is 19.4. The number of fused-ring (bicyclic) bond motifs is 1. The minimum atomic E-state index is -4.29. The van der Waals surface area contributed by atoms with E-state index in [9.17, 15) is 18.0 Å². The van der Waals surface area contributed by atoms with Crippen LogP contribution >= 0.6 is 0 Å². The van der Waals surface area contributed by atoms with Crippen LogP contribution in [-0.2, 0) is 12.7 Å². The lowest BCUT2D eigenvalue weighted by Gasteiger charge is -2.36. The Hall–Kier alpha value is -2.74. The van der Waals surface area contributed by atoms with Crippen molar-refractivity contribution in [1.82, 2.24) is 14.5 Å². The monoisotopic (exact) mass is 432 g/mol. The number of alkyl halides is 3. The van der Waals surface area contributed by atoms with Crippen LogP contribution in [-0.4, -0.2) is 47.2 Å². The zero-order valence-corrected chi connectivity index (χ0v) is 17.4. The second-order valence-corrected chi connectivity index (χ2v) is 8.03. The molecule has 0 spiro atoms. The Labute approximate surface area is 179 Å². The highest BCUT2D eigenvalue weighted by Crippen LogP contribution is 2.30.